The topological polar surface area (TPSA) is 64.1 Å². The molecule has 0 aromatic rings. The quantitative estimate of drug-likeness (QED) is 0.531. The molecule has 0 bridgehead atoms. The van der Waals surface area contributed by atoms with Crippen LogP contribution in [0.15, 0.2) is 0 Å². The van der Waals surface area contributed by atoms with Gasteiger partial charge in [-0.2, -0.15) is 0 Å². The molecule has 5 N–H and O–H groups in total. The highest BCUT2D eigenvalue weighted by atomic mass is 14.9. The van der Waals surface area contributed by atoms with Crippen LogP contribution in [0.1, 0.15) is 27.2 Å². The van der Waals surface area contributed by atoms with Crippen LogP contribution in [0.2, 0.25) is 0 Å². The van der Waals surface area contributed by atoms with Crippen molar-refractivity contribution in [2.75, 3.05) is 6.54 Å². The highest BCUT2D eigenvalue weighted by Crippen LogP contribution is 1.89. The van der Waals surface area contributed by atoms with E-state index in [0.29, 0.717) is 6.04 Å². The van der Waals surface area contributed by atoms with Crippen molar-refractivity contribution < 1.29 is 0 Å². The van der Waals surface area contributed by atoms with Crippen molar-refractivity contribution in [3.05, 3.63) is 0 Å². The molecule has 68 valence electrons. The summed E-state index contributed by atoms with van der Waals surface area (Å²) in [5, 5.41) is 3.31. The third-order valence-corrected chi connectivity index (χ3v) is 1.85. The fourth-order valence-electron chi connectivity index (χ4n) is 0.725. The van der Waals surface area contributed by atoms with Crippen LogP contribution in [0.25, 0.3) is 0 Å². The van der Waals surface area contributed by atoms with Crippen LogP contribution in [0, 0.1) is 0 Å². The zero-order chi connectivity index (χ0) is 8.85. The van der Waals surface area contributed by atoms with E-state index in [2.05, 4.69) is 12.2 Å². The van der Waals surface area contributed by atoms with Gasteiger partial charge in [-0.15, -0.1) is 0 Å². The maximum absolute atomic E-state index is 5.66. The fraction of sp³-hybridized carbons (Fsp3) is 1.00. The maximum atomic E-state index is 5.66. The van der Waals surface area contributed by atoms with Gasteiger partial charge in [0.25, 0.3) is 0 Å². The molecule has 3 heteroatoms. The lowest BCUT2D eigenvalue weighted by molar-refractivity contribution is 0.461. The van der Waals surface area contributed by atoms with E-state index < -0.39 is 0 Å². The van der Waals surface area contributed by atoms with Gasteiger partial charge in [0.15, 0.2) is 0 Å². The standard InChI is InChI=1S/C8H21N3/c1-6(9)4-5-11-8(3)7(2)10/h6-8,11H,4-5,9-10H2,1-3H3. The predicted octanol–water partition coefficient (Wildman–Crippen LogP) is 0.0490. The Kier molecular flexibility index (Phi) is 5.46. The van der Waals surface area contributed by atoms with E-state index in [0.717, 1.165) is 13.0 Å². The lowest BCUT2D eigenvalue weighted by Crippen LogP contribution is -2.42. The molecule has 0 amide bonds. The normalized spacial score (nSPS) is 19.4. The number of hydrogen-bond acceptors (Lipinski definition) is 3. The Morgan fingerprint density at radius 2 is 1.73 bits per heavy atom. The van der Waals surface area contributed by atoms with Gasteiger partial charge in [0, 0.05) is 18.1 Å². The third kappa shape index (κ3) is 6.28. The molecule has 0 radical (unpaired) electrons. The third-order valence-electron chi connectivity index (χ3n) is 1.85. The molecule has 0 aliphatic carbocycles. The van der Waals surface area contributed by atoms with Crippen LogP contribution in [0.4, 0.5) is 0 Å². The van der Waals surface area contributed by atoms with Crippen molar-refractivity contribution in [3.63, 3.8) is 0 Å². The summed E-state index contributed by atoms with van der Waals surface area (Å²) < 4.78 is 0. The lowest BCUT2D eigenvalue weighted by Gasteiger charge is -2.17. The van der Waals surface area contributed by atoms with E-state index >= 15 is 0 Å². The number of nitrogens with two attached hydrogens (primary N) is 2. The summed E-state index contributed by atoms with van der Waals surface area (Å²) in [7, 11) is 0. The van der Waals surface area contributed by atoms with E-state index in [1.54, 1.807) is 0 Å². The summed E-state index contributed by atoms with van der Waals surface area (Å²) in [5.41, 5.74) is 11.2. The lowest BCUT2D eigenvalue weighted by atomic mass is 10.1. The SMILES string of the molecule is CC(N)CCNC(C)C(C)N. The van der Waals surface area contributed by atoms with Crippen LogP contribution < -0.4 is 16.8 Å². The van der Waals surface area contributed by atoms with Gasteiger partial charge in [-0.3, -0.25) is 0 Å². The van der Waals surface area contributed by atoms with Gasteiger partial charge in [-0.1, -0.05) is 0 Å². The van der Waals surface area contributed by atoms with E-state index in [1.807, 2.05) is 13.8 Å². The van der Waals surface area contributed by atoms with Crippen LogP contribution in [-0.2, 0) is 0 Å². The molecule has 0 aromatic carbocycles. The molecule has 0 rings (SSSR count). The van der Waals surface area contributed by atoms with E-state index in [9.17, 15) is 0 Å². The average molecular weight is 159 g/mol. The highest BCUT2D eigenvalue weighted by Gasteiger charge is 2.05. The Balaban J connectivity index is 3.24. The smallest absolute Gasteiger partial charge is 0.0188 e. The summed E-state index contributed by atoms with van der Waals surface area (Å²) in [6, 6.07) is 0.875. The van der Waals surface area contributed by atoms with Gasteiger partial charge in [-0.25, -0.2) is 0 Å². The molecule has 0 aliphatic rings. The van der Waals surface area contributed by atoms with Gasteiger partial charge in [0.1, 0.15) is 0 Å². The maximum Gasteiger partial charge on any atom is 0.0188 e. The van der Waals surface area contributed by atoms with Crippen LogP contribution in [0.5, 0.6) is 0 Å². The van der Waals surface area contributed by atoms with Crippen molar-refractivity contribution in [3.8, 4) is 0 Å². The summed E-state index contributed by atoms with van der Waals surface area (Å²) in [6.07, 6.45) is 1.01. The number of nitrogens with one attached hydrogen (secondary N) is 1. The van der Waals surface area contributed by atoms with E-state index in [4.69, 9.17) is 11.5 Å². The molecule has 0 heterocycles. The molecule has 0 fully saturated rings. The van der Waals surface area contributed by atoms with Crippen LogP contribution in [0.3, 0.4) is 0 Å². The minimum Gasteiger partial charge on any atom is -0.328 e. The molecule has 0 saturated carbocycles. The Morgan fingerprint density at radius 3 is 2.09 bits per heavy atom. The zero-order valence-electron chi connectivity index (χ0n) is 7.80. The Labute approximate surface area is 69.5 Å². The van der Waals surface area contributed by atoms with Crippen molar-refractivity contribution in [1.29, 1.82) is 0 Å². The molecule has 3 atom stereocenters. The molecular weight excluding hydrogens is 138 g/mol. The summed E-state index contributed by atoms with van der Waals surface area (Å²) in [6.45, 7) is 7.06. The minimum atomic E-state index is 0.211. The van der Waals surface area contributed by atoms with E-state index in [-0.39, 0.29) is 12.1 Å². The number of hydrogen-bond donors (Lipinski definition) is 3. The molecular formula is C8H21N3. The second-order valence-electron chi connectivity index (χ2n) is 3.37. The first-order chi connectivity index (χ1) is 5.04. The monoisotopic (exact) mass is 159 g/mol. The largest absolute Gasteiger partial charge is 0.328 e. The Bertz CT molecular complexity index is 91.3. The summed E-state index contributed by atoms with van der Waals surface area (Å²) in [4.78, 5) is 0. The Hall–Kier alpha value is -0.120. The molecule has 0 aromatic heterocycles. The van der Waals surface area contributed by atoms with Gasteiger partial charge in [-0.05, 0) is 33.7 Å². The molecule has 3 unspecified atom stereocenters. The highest BCUT2D eigenvalue weighted by molar-refractivity contribution is 4.70. The van der Waals surface area contributed by atoms with Gasteiger partial charge in [0.05, 0.1) is 0 Å². The van der Waals surface area contributed by atoms with Crippen molar-refractivity contribution in [2.45, 2.75) is 45.3 Å². The second kappa shape index (κ2) is 5.52. The van der Waals surface area contributed by atoms with E-state index in [1.165, 1.54) is 0 Å². The first-order valence-electron chi connectivity index (χ1n) is 4.28. The fourth-order valence-corrected chi connectivity index (χ4v) is 0.725. The Morgan fingerprint density at radius 1 is 1.18 bits per heavy atom. The predicted molar refractivity (Wildman–Crippen MR) is 49.4 cm³/mol. The minimum absolute atomic E-state index is 0.211. The van der Waals surface area contributed by atoms with Gasteiger partial charge < -0.3 is 16.8 Å². The van der Waals surface area contributed by atoms with Crippen molar-refractivity contribution in [1.82, 2.24) is 5.32 Å². The first-order valence-corrected chi connectivity index (χ1v) is 4.28. The van der Waals surface area contributed by atoms with Crippen molar-refractivity contribution in [2.24, 2.45) is 11.5 Å². The molecule has 0 saturated heterocycles. The average Bonchev–Trinajstić information content (AvgIpc) is 1.86. The second-order valence-corrected chi connectivity index (χ2v) is 3.37. The number of rotatable bonds is 5. The first kappa shape index (κ1) is 10.9. The molecule has 11 heavy (non-hydrogen) atoms. The molecule has 0 aliphatic heterocycles. The summed E-state index contributed by atoms with van der Waals surface area (Å²) >= 11 is 0. The molecule has 0 spiro atoms. The van der Waals surface area contributed by atoms with Gasteiger partial charge in [0.2, 0.25) is 0 Å². The summed E-state index contributed by atoms with van der Waals surface area (Å²) in [5.74, 6) is 0. The van der Waals surface area contributed by atoms with Gasteiger partial charge >= 0.3 is 0 Å². The zero-order valence-corrected chi connectivity index (χ0v) is 7.80. The molecule has 3 nitrogen and oxygen atoms in total. The van der Waals surface area contributed by atoms with Crippen molar-refractivity contribution >= 4 is 0 Å². The van der Waals surface area contributed by atoms with Crippen LogP contribution >= 0.6 is 0 Å². The van der Waals surface area contributed by atoms with Crippen LogP contribution in [-0.4, -0.2) is 24.7 Å².